The summed E-state index contributed by atoms with van der Waals surface area (Å²) < 4.78 is 56.5. The van der Waals surface area contributed by atoms with E-state index in [4.69, 9.17) is 14.3 Å². The minimum absolute atomic E-state index is 0.190. The van der Waals surface area contributed by atoms with Gasteiger partial charge in [-0.2, -0.15) is 13.2 Å². The average molecular weight is 570 g/mol. The second kappa shape index (κ2) is 9.60. The van der Waals surface area contributed by atoms with Gasteiger partial charge in [-0.3, -0.25) is 4.40 Å². The number of aryl methyl sites for hydroxylation is 1. The van der Waals surface area contributed by atoms with Crippen molar-refractivity contribution in [2.24, 2.45) is 4.74 Å². The first-order chi connectivity index (χ1) is 17.3. The standard InChI is InChI=1S/C27H20BrF3N3OP/c1-19-26(34-18-8-7-13-25(34)32-19)36(22-9-3-2-4-10-22,35-21-16-14-20(28)15-17-21)33-24-12-6-5-11-23(24)27(29,30)31/h2-18H,1H3/t36-/m1/s1. The molecule has 0 radical (unpaired) electrons. The van der Waals surface area contributed by atoms with Crippen LogP contribution in [0.25, 0.3) is 5.65 Å². The second-order valence-electron chi connectivity index (χ2n) is 8.02. The van der Waals surface area contributed by atoms with Crippen LogP contribution in [0.3, 0.4) is 0 Å². The van der Waals surface area contributed by atoms with Crippen molar-refractivity contribution in [1.29, 1.82) is 0 Å². The molecule has 0 aliphatic carbocycles. The summed E-state index contributed by atoms with van der Waals surface area (Å²) in [5.74, 6) is 0.480. The van der Waals surface area contributed by atoms with Crippen LogP contribution in [0.2, 0.25) is 0 Å². The number of aromatic nitrogens is 2. The largest absolute Gasteiger partial charge is 0.450 e. The lowest BCUT2D eigenvalue weighted by Gasteiger charge is -2.27. The molecule has 0 saturated carbocycles. The number of benzene rings is 3. The Labute approximate surface area is 214 Å². The normalized spacial score (nSPS) is 13.4. The Bertz CT molecular complexity index is 1580. The van der Waals surface area contributed by atoms with E-state index in [0.717, 1.165) is 10.5 Å². The minimum Gasteiger partial charge on any atom is -0.450 e. The van der Waals surface area contributed by atoms with Gasteiger partial charge in [-0.15, -0.1) is 0 Å². The summed E-state index contributed by atoms with van der Waals surface area (Å²) in [7, 11) is -3.38. The van der Waals surface area contributed by atoms with Crippen LogP contribution in [0.15, 0.2) is 112 Å². The van der Waals surface area contributed by atoms with Gasteiger partial charge in [-0.25, -0.2) is 9.73 Å². The average Bonchev–Trinajstić information content (AvgIpc) is 3.21. The number of halogens is 4. The quantitative estimate of drug-likeness (QED) is 0.202. The lowest BCUT2D eigenvalue weighted by molar-refractivity contribution is -0.137. The maximum atomic E-state index is 14.1. The smallest absolute Gasteiger partial charge is 0.418 e. The molecule has 0 saturated heterocycles. The van der Waals surface area contributed by atoms with Crippen LogP contribution in [0, 0.1) is 6.92 Å². The molecular formula is C27H20BrF3N3OP. The van der Waals surface area contributed by atoms with Crippen molar-refractivity contribution in [2.45, 2.75) is 13.1 Å². The second-order valence-corrected chi connectivity index (χ2v) is 11.4. The van der Waals surface area contributed by atoms with E-state index in [2.05, 4.69) is 15.9 Å². The third kappa shape index (κ3) is 4.59. The van der Waals surface area contributed by atoms with Crippen molar-refractivity contribution in [3.63, 3.8) is 0 Å². The SMILES string of the molecule is Cc1nc2ccccn2c1[P@](=Nc1ccccc1C(F)(F)F)(Oc1ccc(Br)cc1)c1ccccc1. The molecule has 0 N–H and O–H groups in total. The van der Waals surface area contributed by atoms with Crippen molar-refractivity contribution in [2.75, 3.05) is 0 Å². The first kappa shape index (κ1) is 24.3. The van der Waals surface area contributed by atoms with E-state index in [-0.39, 0.29) is 5.69 Å². The molecular weight excluding hydrogens is 550 g/mol. The summed E-state index contributed by atoms with van der Waals surface area (Å²) in [4.78, 5) is 4.69. The molecule has 0 bridgehead atoms. The fourth-order valence-electron chi connectivity index (χ4n) is 4.04. The summed E-state index contributed by atoms with van der Waals surface area (Å²) in [6, 6.07) is 27.3. The Balaban J connectivity index is 1.93. The zero-order valence-electron chi connectivity index (χ0n) is 19.0. The van der Waals surface area contributed by atoms with Gasteiger partial charge in [0.15, 0.2) is 0 Å². The van der Waals surface area contributed by atoms with E-state index in [1.165, 1.54) is 12.1 Å². The van der Waals surface area contributed by atoms with Crippen molar-refractivity contribution in [3.05, 3.63) is 119 Å². The highest BCUT2D eigenvalue weighted by molar-refractivity contribution is 9.10. The molecule has 0 aliphatic rings. The van der Waals surface area contributed by atoms with Crippen molar-refractivity contribution < 1.29 is 17.7 Å². The zero-order valence-corrected chi connectivity index (χ0v) is 21.5. The first-order valence-electron chi connectivity index (χ1n) is 11.0. The van der Waals surface area contributed by atoms with Gasteiger partial charge in [-0.05, 0) is 67.6 Å². The number of imidazole rings is 1. The van der Waals surface area contributed by atoms with E-state index in [1.807, 2.05) is 78.2 Å². The number of alkyl halides is 3. The van der Waals surface area contributed by atoms with Crippen LogP contribution in [0.4, 0.5) is 18.9 Å². The number of rotatable bonds is 5. The van der Waals surface area contributed by atoms with Gasteiger partial charge in [0.2, 0.25) is 7.28 Å². The predicted octanol–water partition coefficient (Wildman–Crippen LogP) is 7.90. The van der Waals surface area contributed by atoms with E-state index < -0.39 is 19.0 Å². The fourth-order valence-corrected chi connectivity index (χ4v) is 7.42. The maximum Gasteiger partial charge on any atom is 0.418 e. The molecule has 4 nitrogen and oxygen atoms in total. The molecule has 2 heterocycles. The van der Waals surface area contributed by atoms with Gasteiger partial charge in [0.1, 0.15) is 16.8 Å². The zero-order chi connectivity index (χ0) is 25.3. The molecule has 36 heavy (non-hydrogen) atoms. The summed E-state index contributed by atoms with van der Waals surface area (Å²) in [6.07, 6.45) is -2.75. The Morgan fingerprint density at radius 2 is 1.53 bits per heavy atom. The minimum atomic E-state index is -4.58. The molecule has 5 aromatic rings. The predicted molar refractivity (Wildman–Crippen MR) is 141 cm³/mol. The van der Waals surface area contributed by atoms with Crippen LogP contribution in [0.5, 0.6) is 5.75 Å². The highest BCUT2D eigenvalue weighted by Crippen LogP contribution is 2.53. The molecule has 182 valence electrons. The lowest BCUT2D eigenvalue weighted by Crippen LogP contribution is -2.26. The van der Waals surface area contributed by atoms with E-state index >= 15 is 0 Å². The molecule has 0 unspecified atom stereocenters. The molecule has 1 atom stereocenters. The molecule has 0 amide bonds. The van der Waals surface area contributed by atoms with Gasteiger partial charge < -0.3 is 4.52 Å². The van der Waals surface area contributed by atoms with Crippen LogP contribution in [0.1, 0.15) is 11.3 Å². The highest BCUT2D eigenvalue weighted by Gasteiger charge is 2.37. The summed E-state index contributed by atoms with van der Waals surface area (Å²) in [5, 5.41) is 0.665. The third-order valence-electron chi connectivity index (χ3n) is 5.57. The molecule has 0 fully saturated rings. The Morgan fingerprint density at radius 3 is 2.25 bits per heavy atom. The molecule has 0 spiro atoms. The maximum absolute atomic E-state index is 14.1. The summed E-state index contributed by atoms with van der Waals surface area (Å²) in [6.45, 7) is 1.83. The van der Waals surface area contributed by atoms with Crippen LogP contribution >= 0.6 is 23.2 Å². The van der Waals surface area contributed by atoms with Crippen LogP contribution in [-0.4, -0.2) is 9.38 Å². The van der Waals surface area contributed by atoms with Gasteiger partial charge in [-0.1, -0.05) is 52.3 Å². The lowest BCUT2D eigenvalue weighted by atomic mass is 10.2. The fraction of sp³-hybridized carbons (Fsp3) is 0.0741. The number of hydrogen-bond donors (Lipinski definition) is 0. The summed E-state index contributed by atoms with van der Waals surface area (Å²) in [5.41, 5.74) is 0.887. The van der Waals surface area contributed by atoms with E-state index in [0.29, 0.717) is 27.8 Å². The third-order valence-corrected chi connectivity index (χ3v) is 9.19. The Morgan fingerprint density at radius 1 is 0.861 bits per heavy atom. The molecule has 3 aromatic carbocycles. The van der Waals surface area contributed by atoms with Gasteiger partial charge in [0.25, 0.3) is 0 Å². The number of pyridine rings is 1. The van der Waals surface area contributed by atoms with E-state index in [1.54, 1.807) is 18.2 Å². The molecule has 9 heteroatoms. The number of fused-ring (bicyclic) bond motifs is 1. The van der Waals surface area contributed by atoms with Crippen LogP contribution in [-0.2, 0) is 6.18 Å². The van der Waals surface area contributed by atoms with Crippen molar-refractivity contribution in [1.82, 2.24) is 9.38 Å². The van der Waals surface area contributed by atoms with Crippen molar-refractivity contribution >= 4 is 45.3 Å². The topological polar surface area (TPSA) is 38.9 Å². The first-order valence-corrected chi connectivity index (χ1v) is 13.5. The molecule has 5 rings (SSSR count). The number of nitrogens with zero attached hydrogens (tertiary/aromatic N) is 3. The summed E-state index contributed by atoms with van der Waals surface area (Å²) >= 11 is 3.43. The van der Waals surface area contributed by atoms with Crippen LogP contribution < -0.4 is 15.3 Å². The van der Waals surface area contributed by atoms with Gasteiger partial charge in [0.05, 0.1) is 16.9 Å². The molecule has 0 aliphatic heterocycles. The van der Waals surface area contributed by atoms with Crippen molar-refractivity contribution in [3.8, 4) is 5.75 Å². The number of hydrogen-bond acceptors (Lipinski definition) is 3. The van der Waals surface area contributed by atoms with E-state index in [9.17, 15) is 13.2 Å². The van der Waals surface area contributed by atoms with Gasteiger partial charge in [0, 0.05) is 16.0 Å². The monoisotopic (exact) mass is 569 g/mol. The Hall–Kier alpha value is -3.35. The molecule has 2 aromatic heterocycles. The van der Waals surface area contributed by atoms with Gasteiger partial charge >= 0.3 is 6.18 Å². The Kier molecular flexibility index (Phi) is 6.49. The highest BCUT2D eigenvalue weighted by atomic mass is 79.9.